The van der Waals surface area contributed by atoms with E-state index in [1.807, 2.05) is 0 Å². The van der Waals surface area contributed by atoms with E-state index < -0.39 is 0 Å². The van der Waals surface area contributed by atoms with Gasteiger partial charge >= 0.3 is 177 Å². The minimum atomic E-state index is 0.0276. The first-order valence-corrected chi connectivity index (χ1v) is 12.8. The molecule has 6 heteroatoms. The zero-order valence-electron chi connectivity index (χ0n) is 15.6. The second-order valence-corrected chi connectivity index (χ2v) is 10.7. The Morgan fingerprint density at radius 3 is 2.54 bits per heavy atom. The van der Waals surface area contributed by atoms with Gasteiger partial charge in [-0.1, -0.05) is 0 Å². The Labute approximate surface area is 177 Å². The van der Waals surface area contributed by atoms with Crippen LogP contribution in [0.1, 0.15) is 50.4 Å². The summed E-state index contributed by atoms with van der Waals surface area (Å²) in [5.74, 6) is 0.669. The van der Waals surface area contributed by atoms with E-state index in [-0.39, 0.29) is 35.4 Å². The van der Waals surface area contributed by atoms with Crippen molar-refractivity contribution in [3.63, 3.8) is 0 Å². The van der Waals surface area contributed by atoms with Gasteiger partial charge in [-0.05, 0) is 0 Å². The van der Waals surface area contributed by atoms with Gasteiger partial charge in [0.15, 0.2) is 0 Å². The van der Waals surface area contributed by atoms with Crippen LogP contribution in [0.25, 0.3) is 11.3 Å². The molecule has 1 aliphatic carbocycles. The summed E-state index contributed by atoms with van der Waals surface area (Å²) in [6, 6.07) is 19.5. The van der Waals surface area contributed by atoms with E-state index in [1.165, 1.54) is 44.1 Å². The van der Waals surface area contributed by atoms with Gasteiger partial charge in [-0.2, -0.15) is 0 Å². The molecule has 5 rings (SSSR count). The zero-order chi connectivity index (χ0) is 18.9. The van der Waals surface area contributed by atoms with Crippen molar-refractivity contribution in [1.82, 2.24) is 18.4 Å². The fraction of sp³-hybridized carbons (Fsp3) is 0.273. The summed E-state index contributed by atoms with van der Waals surface area (Å²) >= 11 is 0.234. The molecule has 0 bridgehead atoms. The molecule has 4 nitrogen and oxygen atoms in total. The molecule has 0 amide bonds. The number of rotatable bonds is 4. The fourth-order valence-electron chi connectivity index (χ4n) is 4.15. The molecule has 28 heavy (non-hydrogen) atoms. The predicted octanol–water partition coefficient (Wildman–Crippen LogP) is 3.61. The Morgan fingerprint density at radius 2 is 1.71 bits per heavy atom. The van der Waals surface area contributed by atoms with Crippen LogP contribution in [0, 0.1) is 6.92 Å². The standard InChI is InChI=1S/C22H20N4Se2/c1-14-10-12-15(13-11-14)19(17-8-5-9-18-21(17)24-25-27-18)22-20(23-26-28-22)16-6-3-2-4-7-16/h2-4,6-7,10-13,17,19H,5,8-9H2,1H3/t17-,19-/m0/s1. The molecular weight excluding hydrogens is 478 g/mol. The third kappa shape index (κ3) is 3.35. The molecule has 2 aromatic carbocycles. The van der Waals surface area contributed by atoms with Crippen molar-refractivity contribution in [2.24, 2.45) is 0 Å². The average Bonchev–Trinajstić information content (AvgIpc) is 3.40. The van der Waals surface area contributed by atoms with Gasteiger partial charge in [0.25, 0.3) is 0 Å². The molecule has 0 aliphatic heterocycles. The molecule has 0 unspecified atom stereocenters. The van der Waals surface area contributed by atoms with Gasteiger partial charge in [0, 0.05) is 0 Å². The van der Waals surface area contributed by atoms with Crippen LogP contribution in [0.3, 0.4) is 0 Å². The number of fused-ring (bicyclic) bond motifs is 1. The third-order valence-corrected chi connectivity index (χ3v) is 8.90. The van der Waals surface area contributed by atoms with Crippen LogP contribution in [0.5, 0.6) is 0 Å². The number of nitrogens with zero attached hydrogens (tertiary/aromatic N) is 4. The first-order valence-electron chi connectivity index (χ1n) is 9.56. The first kappa shape index (κ1) is 18.2. The predicted molar refractivity (Wildman–Crippen MR) is 112 cm³/mol. The van der Waals surface area contributed by atoms with Gasteiger partial charge in [-0.15, -0.1) is 0 Å². The number of aromatic nitrogens is 4. The molecule has 0 saturated carbocycles. The van der Waals surface area contributed by atoms with Gasteiger partial charge < -0.3 is 0 Å². The summed E-state index contributed by atoms with van der Waals surface area (Å²) in [5, 5.41) is 9.23. The average molecular weight is 498 g/mol. The zero-order valence-corrected chi connectivity index (χ0v) is 19.0. The van der Waals surface area contributed by atoms with Crippen molar-refractivity contribution in [3.05, 3.63) is 80.3 Å². The Kier molecular flexibility index (Phi) is 5.13. The van der Waals surface area contributed by atoms with E-state index >= 15 is 0 Å². The number of benzene rings is 2. The van der Waals surface area contributed by atoms with Crippen LogP contribution in [0.2, 0.25) is 0 Å². The summed E-state index contributed by atoms with van der Waals surface area (Å²) in [6.45, 7) is 2.15. The molecule has 1 aliphatic rings. The Hall–Kier alpha value is -1.84. The quantitative estimate of drug-likeness (QED) is 0.404. The van der Waals surface area contributed by atoms with Gasteiger partial charge in [-0.25, -0.2) is 0 Å². The van der Waals surface area contributed by atoms with Crippen LogP contribution < -0.4 is 0 Å². The summed E-state index contributed by atoms with van der Waals surface area (Å²) in [4.78, 5) is 0. The van der Waals surface area contributed by atoms with Crippen LogP contribution in [-0.4, -0.2) is 47.9 Å². The molecule has 0 saturated heterocycles. The number of aryl methyl sites for hydroxylation is 2. The van der Waals surface area contributed by atoms with Crippen molar-refractivity contribution in [2.75, 3.05) is 0 Å². The summed E-state index contributed by atoms with van der Waals surface area (Å²) in [6.07, 6.45) is 3.56. The number of hydrogen-bond acceptors (Lipinski definition) is 4. The maximum absolute atomic E-state index is 4.63. The van der Waals surface area contributed by atoms with E-state index in [2.05, 4.69) is 79.9 Å². The Morgan fingerprint density at radius 1 is 0.929 bits per heavy atom. The van der Waals surface area contributed by atoms with E-state index in [4.69, 9.17) is 0 Å². The van der Waals surface area contributed by atoms with Crippen LogP contribution >= 0.6 is 0 Å². The van der Waals surface area contributed by atoms with Crippen LogP contribution in [-0.2, 0) is 6.42 Å². The molecular formula is C22H20N4Se2. The Balaban J connectivity index is 1.67. The molecule has 0 N–H and O–H groups in total. The third-order valence-electron chi connectivity index (χ3n) is 5.54. The second kappa shape index (κ2) is 7.88. The van der Waals surface area contributed by atoms with E-state index in [9.17, 15) is 0 Å². The van der Waals surface area contributed by atoms with E-state index in [1.54, 1.807) is 0 Å². The van der Waals surface area contributed by atoms with E-state index in [0.717, 1.165) is 12.1 Å². The molecule has 0 radical (unpaired) electrons. The fourth-order valence-corrected chi connectivity index (χ4v) is 7.55. The van der Waals surface area contributed by atoms with E-state index in [0.29, 0.717) is 5.92 Å². The normalized spacial score (nSPS) is 17.2. The molecule has 2 atom stereocenters. The number of hydrogen-bond donors (Lipinski definition) is 0. The van der Waals surface area contributed by atoms with Gasteiger partial charge in [0.2, 0.25) is 0 Å². The van der Waals surface area contributed by atoms with Crippen molar-refractivity contribution in [2.45, 2.75) is 38.0 Å². The molecule has 0 fully saturated rings. The topological polar surface area (TPSA) is 51.6 Å². The maximum atomic E-state index is 4.63. The van der Waals surface area contributed by atoms with Crippen molar-refractivity contribution in [3.8, 4) is 11.3 Å². The first-order chi connectivity index (χ1) is 13.8. The summed E-state index contributed by atoms with van der Waals surface area (Å²) in [5.41, 5.74) is 6.15. The summed E-state index contributed by atoms with van der Waals surface area (Å²) in [7, 11) is 0. The van der Waals surface area contributed by atoms with Crippen LogP contribution in [0.15, 0.2) is 54.6 Å². The molecule has 2 heterocycles. The minimum absolute atomic E-state index is 0.0276. The molecule has 140 valence electrons. The Bertz CT molecular complexity index is 1070. The SMILES string of the molecule is Cc1ccc([C@H](c2[se]nnc2-c2ccccc2)[C@@H]2CCCc3[se]nnc32)cc1. The van der Waals surface area contributed by atoms with Gasteiger partial charge in [0.1, 0.15) is 0 Å². The van der Waals surface area contributed by atoms with Gasteiger partial charge in [0.05, 0.1) is 0 Å². The summed E-state index contributed by atoms with van der Waals surface area (Å²) < 4.78 is 11.8. The van der Waals surface area contributed by atoms with Crippen molar-refractivity contribution in [1.29, 1.82) is 0 Å². The second-order valence-electron chi connectivity index (χ2n) is 7.32. The molecule has 0 spiro atoms. The molecule has 2 aromatic heterocycles. The van der Waals surface area contributed by atoms with Crippen molar-refractivity contribution < 1.29 is 0 Å². The van der Waals surface area contributed by atoms with Crippen molar-refractivity contribution >= 4 is 29.5 Å². The van der Waals surface area contributed by atoms with Crippen LogP contribution in [0.4, 0.5) is 0 Å². The van der Waals surface area contributed by atoms with Gasteiger partial charge in [-0.3, -0.25) is 0 Å². The molecule has 4 aromatic rings. The monoisotopic (exact) mass is 500 g/mol.